The zero-order valence-electron chi connectivity index (χ0n) is 33.7. The van der Waals surface area contributed by atoms with E-state index in [2.05, 4.69) is 10.3 Å². The molecule has 0 atom stereocenters. The molecule has 8 rings (SSSR count). The number of carbonyl (C=O) groups excluding carboxylic acids is 1. The largest absolute Gasteiger partial charge is 0.491 e. The predicted octanol–water partition coefficient (Wildman–Crippen LogP) is 7.88. The van der Waals surface area contributed by atoms with E-state index < -0.39 is 5.97 Å². The number of para-hydroxylation sites is 1. The SMILES string of the molecule is COC(=O)c1cccc(COc2c(-c3ccc(OCCOCCn4cc(COCCOc5ccc6c(=O)cc(-c7ccccc7)oc6c5)nn4)cc3)oc3ccccc3c2=O)c1. The molecule has 0 radical (unpaired) electrons. The minimum atomic E-state index is -0.465. The van der Waals surface area contributed by atoms with Crippen LogP contribution in [0.5, 0.6) is 17.2 Å². The summed E-state index contributed by atoms with van der Waals surface area (Å²) in [6.45, 7) is 2.44. The molecule has 14 nitrogen and oxygen atoms in total. The minimum absolute atomic E-state index is 0.0286. The quantitative estimate of drug-likeness (QED) is 0.0571. The van der Waals surface area contributed by atoms with E-state index in [1.165, 1.54) is 13.2 Å². The lowest BCUT2D eigenvalue weighted by molar-refractivity contribution is 0.0600. The lowest BCUT2D eigenvalue weighted by Crippen LogP contribution is -2.12. The Morgan fingerprint density at radius 1 is 0.645 bits per heavy atom. The number of hydrogen-bond donors (Lipinski definition) is 0. The molecular weight excluding hydrogens is 795 g/mol. The molecule has 0 fully saturated rings. The molecular formula is C48H41N3O11. The van der Waals surface area contributed by atoms with Crippen LogP contribution in [0.15, 0.2) is 152 Å². The molecule has 0 aliphatic rings. The number of hydrogen-bond acceptors (Lipinski definition) is 13. The van der Waals surface area contributed by atoms with Crippen LogP contribution >= 0.6 is 0 Å². The van der Waals surface area contributed by atoms with E-state index in [0.29, 0.717) is 101 Å². The van der Waals surface area contributed by atoms with Gasteiger partial charge in [-0.1, -0.05) is 59.8 Å². The maximum atomic E-state index is 13.6. The third kappa shape index (κ3) is 10.1. The Morgan fingerprint density at radius 3 is 2.26 bits per heavy atom. The number of fused-ring (bicyclic) bond motifs is 2. The first-order chi connectivity index (χ1) is 30.4. The van der Waals surface area contributed by atoms with Crippen LogP contribution in [0.2, 0.25) is 0 Å². The molecule has 8 aromatic rings. The van der Waals surface area contributed by atoms with Crippen molar-refractivity contribution < 1.29 is 42.1 Å². The van der Waals surface area contributed by atoms with Gasteiger partial charge in [-0.3, -0.25) is 9.59 Å². The van der Waals surface area contributed by atoms with Crippen molar-refractivity contribution in [3.63, 3.8) is 0 Å². The zero-order valence-corrected chi connectivity index (χ0v) is 33.7. The highest BCUT2D eigenvalue weighted by atomic mass is 16.5. The maximum absolute atomic E-state index is 13.6. The topological polar surface area (TPSA) is 164 Å². The lowest BCUT2D eigenvalue weighted by atomic mass is 10.1. The summed E-state index contributed by atoms with van der Waals surface area (Å²) in [7, 11) is 1.32. The van der Waals surface area contributed by atoms with Crippen molar-refractivity contribution in [3.8, 4) is 39.9 Å². The van der Waals surface area contributed by atoms with Gasteiger partial charge < -0.3 is 37.3 Å². The number of aromatic nitrogens is 3. The van der Waals surface area contributed by atoms with Crippen LogP contribution in [0.3, 0.4) is 0 Å². The monoisotopic (exact) mass is 835 g/mol. The van der Waals surface area contributed by atoms with Crippen LogP contribution in [-0.4, -0.2) is 61.1 Å². The Labute approximate surface area is 354 Å². The van der Waals surface area contributed by atoms with E-state index in [4.69, 9.17) is 37.3 Å². The average molecular weight is 836 g/mol. The highest BCUT2D eigenvalue weighted by Gasteiger charge is 2.19. The average Bonchev–Trinajstić information content (AvgIpc) is 3.77. The molecule has 0 unspecified atom stereocenters. The van der Waals surface area contributed by atoms with Crippen molar-refractivity contribution in [3.05, 3.63) is 171 Å². The normalized spacial score (nSPS) is 11.2. The number of rotatable bonds is 19. The van der Waals surface area contributed by atoms with Crippen LogP contribution in [-0.2, 0) is 34.0 Å². The number of ether oxygens (including phenoxy) is 6. The first-order valence-corrected chi connectivity index (χ1v) is 19.8. The van der Waals surface area contributed by atoms with Crippen LogP contribution in [0, 0.1) is 0 Å². The Kier molecular flexibility index (Phi) is 13.1. The highest BCUT2D eigenvalue weighted by Crippen LogP contribution is 2.33. The summed E-state index contributed by atoms with van der Waals surface area (Å²) in [6, 6.07) is 37.1. The summed E-state index contributed by atoms with van der Waals surface area (Å²) in [6.07, 6.45) is 1.80. The number of esters is 1. The minimum Gasteiger partial charge on any atom is -0.491 e. The van der Waals surface area contributed by atoms with Crippen molar-refractivity contribution >= 4 is 27.9 Å². The van der Waals surface area contributed by atoms with Gasteiger partial charge in [0, 0.05) is 23.3 Å². The molecule has 0 amide bonds. The third-order valence-electron chi connectivity index (χ3n) is 9.66. The van der Waals surface area contributed by atoms with Gasteiger partial charge in [0.2, 0.25) is 11.2 Å². The fourth-order valence-electron chi connectivity index (χ4n) is 6.57. The molecule has 0 bridgehead atoms. The fourth-order valence-corrected chi connectivity index (χ4v) is 6.57. The van der Waals surface area contributed by atoms with E-state index in [9.17, 15) is 14.4 Å². The highest BCUT2D eigenvalue weighted by molar-refractivity contribution is 5.89. The van der Waals surface area contributed by atoms with Gasteiger partial charge in [-0.05, 0) is 66.2 Å². The predicted molar refractivity (Wildman–Crippen MR) is 229 cm³/mol. The first-order valence-electron chi connectivity index (χ1n) is 19.8. The summed E-state index contributed by atoms with van der Waals surface area (Å²) in [5.41, 5.74) is 3.63. The second-order valence-corrected chi connectivity index (χ2v) is 13.9. The van der Waals surface area contributed by atoms with Crippen molar-refractivity contribution in [2.75, 3.05) is 40.1 Å². The molecule has 0 saturated heterocycles. The second-order valence-electron chi connectivity index (χ2n) is 13.9. The van der Waals surface area contributed by atoms with Gasteiger partial charge in [-0.25, -0.2) is 9.48 Å². The molecule has 14 heteroatoms. The van der Waals surface area contributed by atoms with Gasteiger partial charge in [0.25, 0.3) is 0 Å². The third-order valence-corrected chi connectivity index (χ3v) is 9.66. The van der Waals surface area contributed by atoms with Crippen LogP contribution in [0.25, 0.3) is 44.6 Å². The molecule has 3 heterocycles. The molecule has 314 valence electrons. The Bertz CT molecular complexity index is 2910. The smallest absolute Gasteiger partial charge is 0.337 e. The van der Waals surface area contributed by atoms with E-state index in [-0.39, 0.29) is 35.6 Å². The van der Waals surface area contributed by atoms with Crippen molar-refractivity contribution in [2.24, 2.45) is 0 Å². The fraction of sp³-hybridized carbons (Fsp3) is 0.188. The van der Waals surface area contributed by atoms with Crippen LogP contribution in [0.1, 0.15) is 21.6 Å². The maximum Gasteiger partial charge on any atom is 0.337 e. The molecule has 0 aliphatic carbocycles. The van der Waals surface area contributed by atoms with Crippen molar-refractivity contribution in [2.45, 2.75) is 19.8 Å². The van der Waals surface area contributed by atoms with Gasteiger partial charge in [0.1, 0.15) is 53.9 Å². The molecule has 62 heavy (non-hydrogen) atoms. The van der Waals surface area contributed by atoms with E-state index in [0.717, 1.165) is 5.56 Å². The number of benzene rings is 5. The summed E-state index contributed by atoms with van der Waals surface area (Å²) >= 11 is 0. The Balaban J connectivity index is 0.763. The molecule has 0 aliphatic heterocycles. The summed E-state index contributed by atoms with van der Waals surface area (Å²) in [5, 5.41) is 9.19. The van der Waals surface area contributed by atoms with E-state index >= 15 is 0 Å². The Morgan fingerprint density at radius 2 is 1.42 bits per heavy atom. The van der Waals surface area contributed by atoms with Gasteiger partial charge in [0.05, 0.1) is 62.6 Å². The Hall–Kier alpha value is -7.55. The molecule has 0 saturated carbocycles. The second kappa shape index (κ2) is 19.7. The number of carbonyl (C=O) groups is 1. The number of nitrogens with zero attached hydrogens (tertiary/aromatic N) is 3. The van der Waals surface area contributed by atoms with Crippen molar-refractivity contribution in [1.82, 2.24) is 15.0 Å². The standard InChI is InChI=1S/C48H41N3O11/c1-55-48(54)35-11-7-8-32(26-35)30-60-47-45(53)40-12-5-6-13-42(40)62-46(47)34-14-16-37(17-15-34)58-24-22-56-21-20-51-29-36(49-50-51)31-57-23-25-59-38-18-19-39-41(52)28-43(61-44(39)27-38)33-9-3-2-4-10-33/h2-19,26-29H,20-25,30-31H2,1H3. The van der Waals surface area contributed by atoms with Crippen molar-refractivity contribution in [1.29, 1.82) is 0 Å². The van der Waals surface area contributed by atoms with Crippen LogP contribution < -0.4 is 25.1 Å². The van der Waals surface area contributed by atoms with Gasteiger partial charge in [-0.2, -0.15) is 0 Å². The van der Waals surface area contributed by atoms with Gasteiger partial charge in [0.15, 0.2) is 11.2 Å². The zero-order chi connectivity index (χ0) is 42.7. The summed E-state index contributed by atoms with van der Waals surface area (Å²) in [5.74, 6) is 1.54. The molecule has 5 aromatic carbocycles. The first kappa shape index (κ1) is 41.2. The van der Waals surface area contributed by atoms with E-state index in [1.807, 2.05) is 30.3 Å². The molecule has 3 aromatic heterocycles. The molecule has 0 N–H and O–H groups in total. The lowest BCUT2D eigenvalue weighted by Gasteiger charge is -2.13. The van der Waals surface area contributed by atoms with Gasteiger partial charge in [-0.15, -0.1) is 5.10 Å². The molecule has 0 spiro atoms. The van der Waals surface area contributed by atoms with E-state index in [1.54, 1.807) is 102 Å². The summed E-state index contributed by atoms with van der Waals surface area (Å²) in [4.78, 5) is 38.3. The van der Waals surface area contributed by atoms with Gasteiger partial charge >= 0.3 is 5.97 Å². The number of methoxy groups -OCH3 is 1. The van der Waals surface area contributed by atoms with Crippen LogP contribution in [0.4, 0.5) is 0 Å². The summed E-state index contributed by atoms with van der Waals surface area (Å²) < 4.78 is 48.1.